The summed E-state index contributed by atoms with van der Waals surface area (Å²) >= 11 is 0. The van der Waals surface area contributed by atoms with Crippen molar-refractivity contribution in [2.75, 3.05) is 13.4 Å². The molecule has 2 heterocycles. The predicted octanol–water partition coefficient (Wildman–Crippen LogP) is -0.838. The zero-order valence-electron chi connectivity index (χ0n) is 7.28. The van der Waals surface area contributed by atoms with Gasteiger partial charge in [0.15, 0.2) is 18.2 Å². The molecule has 2 saturated heterocycles. The van der Waals surface area contributed by atoms with Crippen molar-refractivity contribution in [3.8, 4) is 0 Å². The second kappa shape index (κ2) is 3.06. The second-order valence-corrected chi connectivity index (χ2v) is 3.24. The summed E-state index contributed by atoms with van der Waals surface area (Å²) < 4.78 is 14.2. The molecular formula is C8H8O6. The summed E-state index contributed by atoms with van der Waals surface area (Å²) in [6.07, 6.45) is -0.408. The number of cyclic esters (lactones) is 2. The van der Waals surface area contributed by atoms with Crippen LogP contribution in [-0.4, -0.2) is 36.7 Å². The first-order valence-electron chi connectivity index (χ1n) is 4.11. The van der Waals surface area contributed by atoms with Crippen LogP contribution >= 0.6 is 0 Å². The molecule has 0 amide bonds. The normalized spacial score (nSPS) is 32.7. The number of carbonyl (C=O) groups excluding carboxylic acids is 3. The van der Waals surface area contributed by atoms with E-state index in [-0.39, 0.29) is 32.0 Å². The molecule has 1 unspecified atom stereocenters. The predicted molar refractivity (Wildman–Crippen MR) is 40.0 cm³/mol. The molecule has 0 radical (unpaired) electrons. The number of rotatable bonds is 0. The molecule has 1 atom stereocenters. The monoisotopic (exact) mass is 200 g/mol. The molecule has 0 aliphatic carbocycles. The molecule has 6 nitrogen and oxygen atoms in total. The van der Waals surface area contributed by atoms with Gasteiger partial charge in [-0.15, -0.1) is 0 Å². The molecule has 0 aromatic rings. The summed E-state index contributed by atoms with van der Waals surface area (Å²) in [5, 5.41) is 0. The first kappa shape index (κ1) is 9.14. The van der Waals surface area contributed by atoms with E-state index in [0.717, 1.165) is 0 Å². The van der Waals surface area contributed by atoms with E-state index in [4.69, 9.17) is 4.74 Å². The van der Waals surface area contributed by atoms with Crippen molar-refractivity contribution in [1.29, 1.82) is 0 Å². The van der Waals surface area contributed by atoms with Gasteiger partial charge in [0, 0.05) is 0 Å². The number of ketones is 1. The second-order valence-electron chi connectivity index (χ2n) is 3.24. The molecule has 2 aliphatic heterocycles. The van der Waals surface area contributed by atoms with Crippen LogP contribution in [0.5, 0.6) is 0 Å². The Morgan fingerprint density at radius 3 is 2.50 bits per heavy atom. The zero-order valence-corrected chi connectivity index (χ0v) is 7.28. The quantitative estimate of drug-likeness (QED) is 0.474. The van der Waals surface area contributed by atoms with Crippen LogP contribution in [0.4, 0.5) is 0 Å². The molecular weight excluding hydrogens is 192 g/mol. The first-order chi connectivity index (χ1) is 6.62. The van der Waals surface area contributed by atoms with Gasteiger partial charge < -0.3 is 14.2 Å². The third-order valence-corrected chi connectivity index (χ3v) is 2.20. The third-order valence-electron chi connectivity index (χ3n) is 2.20. The Kier molecular flexibility index (Phi) is 1.99. The maximum atomic E-state index is 11.3. The fourth-order valence-electron chi connectivity index (χ4n) is 1.51. The van der Waals surface area contributed by atoms with Crippen LogP contribution in [0.25, 0.3) is 0 Å². The highest BCUT2D eigenvalue weighted by Gasteiger charge is 2.51. The van der Waals surface area contributed by atoms with Crippen molar-refractivity contribution < 1.29 is 28.6 Å². The van der Waals surface area contributed by atoms with Crippen LogP contribution in [0.3, 0.4) is 0 Å². The zero-order chi connectivity index (χ0) is 10.2. The number of ether oxygens (including phenoxy) is 3. The lowest BCUT2D eigenvalue weighted by Crippen LogP contribution is -2.39. The summed E-state index contributed by atoms with van der Waals surface area (Å²) in [5.41, 5.74) is -1.43. The van der Waals surface area contributed by atoms with Crippen molar-refractivity contribution in [3.05, 3.63) is 0 Å². The van der Waals surface area contributed by atoms with Gasteiger partial charge in [0.1, 0.15) is 6.61 Å². The van der Waals surface area contributed by atoms with Gasteiger partial charge in [-0.25, -0.2) is 4.79 Å². The number of hydrogen-bond acceptors (Lipinski definition) is 6. The molecule has 0 N–H and O–H groups in total. The molecule has 1 spiro atoms. The van der Waals surface area contributed by atoms with Gasteiger partial charge >= 0.3 is 11.9 Å². The average molecular weight is 200 g/mol. The van der Waals surface area contributed by atoms with Crippen LogP contribution in [0.15, 0.2) is 0 Å². The Morgan fingerprint density at radius 1 is 1.07 bits per heavy atom. The Bertz CT molecular complexity index is 289. The van der Waals surface area contributed by atoms with E-state index < -0.39 is 17.5 Å². The molecule has 6 heteroatoms. The van der Waals surface area contributed by atoms with E-state index >= 15 is 0 Å². The van der Waals surface area contributed by atoms with Gasteiger partial charge in [-0.2, -0.15) is 0 Å². The molecule has 0 saturated carbocycles. The molecule has 0 bridgehead atoms. The van der Waals surface area contributed by atoms with E-state index in [9.17, 15) is 14.4 Å². The van der Waals surface area contributed by atoms with Crippen LogP contribution in [0.1, 0.15) is 12.8 Å². The number of Topliss-reactive ketones (excluding diaryl/α,β-unsaturated/α-hetero) is 1. The Morgan fingerprint density at radius 2 is 1.86 bits per heavy atom. The van der Waals surface area contributed by atoms with Gasteiger partial charge in [0.25, 0.3) is 0 Å². The molecule has 0 aromatic heterocycles. The topological polar surface area (TPSA) is 78.9 Å². The lowest BCUT2D eigenvalue weighted by Gasteiger charge is -2.17. The van der Waals surface area contributed by atoms with Gasteiger partial charge in [-0.3, -0.25) is 9.59 Å². The van der Waals surface area contributed by atoms with E-state index in [1.54, 1.807) is 0 Å². The van der Waals surface area contributed by atoms with Crippen LogP contribution in [0, 0.1) is 0 Å². The Hall–Kier alpha value is -1.43. The summed E-state index contributed by atoms with van der Waals surface area (Å²) in [4.78, 5) is 33.5. The fourth-order valence-corrected chi connectivity index (χ4v) is 1.51. The minimum absolute atomic E-state index is 0.155. The number of esters is 2. The summed E-state index contributed by atoms with van der Waals surface area (Å²) in [6, 6.07) is 0. The highest BCUT2D eigenvalue weighted by Crippen LogP contribution is 2.30. The third kappa shape index (κ3) is 1.37. The van der Waals surface area contributed by atoms with Crippen molar-refractivity contribution in [2.45, 2.75) is 18.4 Å². The van der Waals surface area contributed by atoms with Gasteiger partial charge in [-0.1, -0.05) is 0 Å². The minimum atomic E-state index is -1.43. The van der Waals surface area contributed by atoms with Crippen LogP contribution in [-0.2, 0) is 28.6 Å². The van der Waals surface area contributed by atoms with Crippen LogP contribution in [0.2, 0.25) is 0 Å². The maximum absolute atomic E-state index is 11.3. The SMILES string of the molecule is O=C1COC(=O)CC2(C1)OCOC2=O. The smallest absolute Gasteiger partial charge is 0.341 e. The minimum Gasteiger partial charge on any atom is -0.458 e. The Balaban J connectivity index is 2.27. The lowest BCUT2D eigenvalue weighted by molar-refractivity contribution is -0.152. The van der Waals surface area contributed by atoms with Crippen molar-refractivity contribution in [2.24, 2.45) is 0 Å². The standard InChI is InChI=1S/C8H8O6/c9-5-1-8(2-6(10)12-3-5)7(11)13-4-14-8/h1-4H2. The van der Waals surface area contributed by atoms with E-state index in [1.807, 2.05) is 0 Å². The van der Waals surface area contributed by atoms with Crippen molar-refractivity contribution >= 4 is 17.7 Å². The lowest BCUT2D eigenvalue weighted by atomic mass is 9.94. The molecule has 14 heavy (non-hydrogen) atoms. The number of carbonyl (C=O) groups is 3. The summed E-state index contributed by atoms with van der Waals surface area (Å²) in [7, 11) is 0. The fraction of sp³-hybridized carbons (Fsp3) is 0.625. The summed E-state index contributed by atoms with van der Waals surface area (Å²) in [6.45, 7) is -0.503. The van der Waals surface area contributed by atoms with Gasteiger partial charge in [0.05, 0.1) is 12.8 Å². The molecule has 2 rings (SSSR count). The van der Waals surface area contributed by atoms with Gasteiger partial charge in [-0.05, 0) is 0 Å². The van der Waals surface area contributed by atoms with E-state index in [2.05, 4.69) is 9.47 Å². The molecule has 76 valence electrons. The first-order valence-corrected chi connectivity index (χ1v) is 4.11. The number of hydrogen-bond donors (Lipinski definition) is 0. The largest absolute Gasteiger partial charge is 0.458 e. The molecule has 0 aromatic carbocycles. The van der Waals surface area contributed by atoms with E-state index in [1.165, 1.54) is 0 Å². The average Bonchev–Trinajstić information content (AvgIpc) is 2.36. The molecule has 2 aliphatic rings. The maximum Gasteiger partial charge on any atom is 0.341 e. The van der Waals surface area contributed by atoms with Gasteiger partial charge in [0.2, 0.25) is 0 Å². The summed E-state index contributed by atoms with van der Waals surface area (Å²) in [5.74, 6) is -1.62. The van der Waals surface area contributed by atoms with Crippen molar-refractivity contribution in [3.63, 3.8) is 0 Å². The van der Waals surface area contributed by atoms with Crippen molar-refractivity contribution in [1.82, 2.24) is 0 Å². The molecule has 2 fully saturated rings. The highest BCUT2D eigenvalue weighted by atomic mass is 16.7. The van der Waals surface area contributed by atoms with E-state index in [0.29, 0.717) is 0 Å². The van der Waals surface area contributed by atoms with Crippen LogP contribution < -0.4 is 0 Å². The highest BCUT2D eigenvalue weighted by molar-refractivity contribution is 5.95. The Labute approximate surface area is 79.1 Å².